The molecule has 1 saturated heterocycles. The summed E-state index contributed by atoms with van der Waals surface area (Å²) in [6.45, 7) is 9.00. The number of rotatable bonds is 6. The Morgan fingerprint density at radius 1 is 1.06 bits per heavy atom. The molecule has 3 rings (SSSR count). The van der Waals surface area contributed by atoms with Crippen molar-refractivity contribution in [1.82, 2.24) is 4.31 Å². The monoisotopic (exact) mass is 451 g/mol. The lowest BCUT2D eigenvalue weighted by molar-refractivity contribution is -0.190. The van der Waals surface area contributed by atoms with Crippen molar-refractivity contribution in [2.45, 2.75) is 45.1 Å². The van der Waals surface area contributed by atoms with E-state index in [-0.39, 0.29) is 37.8 Å². The first-order valence-corrected chi connectivity index (χ1v) is 11.7. The Morgan fingerprint density at radius 3 is 2.13 bits per heavy atom. The predicted octanol–water partition coefficient (Wildman–Crippen LogP) is 2.22. The van der Waals surface area contributed by atoms with Crippen molar-refractivity contribution in [3.8, 4) is 0 Å². The molecule has 0 spiro atoms. The molecule has 1 atom stereocenters. The maximum Gasteiger partial charge on any atom is 0.354 e. The Hall–Kier alpha value is -2.23. The summed E-state index contributed by atoms with van der Waals surface area (Å²) in [5.41, 5.74) is -0.730. The van der Waals surface area contributed by atoms with Gasteiger partial charge in [-0.3, -0.25) is 0 Å². The summed E-state index contributed by atoms with van der Waals surface area (Å²) in [4.78, 5) is 25.9. The van der Waals surface area contributed by atoms with Gasteiger partial charge < -0.3 is 14.2 Å². The lowest BCUT2D eigenvalue weighted by Crippen LogP contribution is -2.57. The Bertz CT molecular complexity index is 995. The molecule has 1 aromatic carbocycles. The molecule has 0 N–H and O–H groups in total. The molecule has 0 aromatic heterocycles. The third kappa shape index (κ3) is 3.79. The van der Waals surface area contributed by atoms with Gasteiger partial charge in [0, 0.05) is 18.5 Å². The highest BCUT2D eigenvalue weighted by Gasteiger charge is 2.60. The first kappa shape index (κ1) is 23.4. The van der Waals surface area contributed by atoms with E-state index < -0.39 is 33.0 Å². The van der Waals surface area contributed by atoms with Crippen molar-refractivity contribution >= 4 is 22.0 Å². The third-order valence-corrected chi connectivity index (χ3v) is 7.77. The summed E-state index contributed by atoms with van der Waals surface area (Å²) in [6, 6.07) is 6.65. The van der Waals surface area contributed by atoms with E-state index in [1.807, 2.05) is 13.8 Å². The number of carbonyl (C=O) groups excluding carboxylic acids is 2. The van der Waals surface area contributed by atoms with Crippen LogP contribution in [0.4, 0.5) is 0 Å². The number of hydrogen-bond acceptors (Lipinski definition) is 7. The smallest absolute Gasteiger partial charge is 0.354 e. The van der Waals surface area contributed by atoms with Gasteiger partial charge in [0.15, 0.2) is 0 Å². The lowest BCUT2D eigenvalue weighted by atomic mass is 9.75. The summed E-state index contributed by atoms with van der Waals surface area (Å²) in [5, 5.41) is 0. The van der Waals surface area contributed by atoms with E-state index in [1.54, 1.807) is 45.0 Å². The highest BCUT2D eigenvalue weighted by atomic mass is 32.2. The fourth-order valence-electron chi connectivity index (χ4n) is 4.20. The van der Waals surface area contributed by atoms with Crippen LogP contribution in [0.5, 0.6) is 0 Å². The molecule has 2 aliphatic rings. The summed E-state index contributed by atoms with van der Waals surface area (Å²) in [7, 11) is -3.76. The zero-order valence-electron chi connectivity index (χ0n) is 18.6. The van der Waals surface area contributed by atoms with Crippen LogP contribution in [-0.2, 0) is 33.8 Å². The molecule has 0 amide bonds. The average Bonchev–Trinajstić information content (AvgIpc) is 3.08. The molecule has 0 saturated carbocycles. The van der Waals surface area contributed by atoms with Crippen LogP contribution in [0.25, 0.3) is 0 Å². The van der Waals surface area contributed by atoms with Crippen LogP contribution in [0.15, 0.2) is 40.3 Å². The fraction of sp³-hybridized carbons (Fsp3) is 0.545. The number of aryl methyl sites for hydroxylation is 1. The molecule has 170 valence electrons. The zero-order valence-corrected chi connectivity index (χ0v) is 19.4. The summed E-state index contributed by atoms with van der Waals surface area (Å²) in [5.74, 6) is -1.69. The van der Waals surface area contributed by atoms with E-state index in [4.69, 9.17) is 14.2 Å². The summed E-state index contributed by atoms with van der Waals surface area (Å²) < 4.78 is 44.0. The molecule has 0 bridgehead atoms. The van der Waals surface area contributed by atoms with Crippen LogP contribution in [0.3, 0.4) is 0 Å². The van der Waals surface area contributed by atoms with Crippen LogP contribution < -0.4 is 0 Å². The normalized spacial score (nSPS) is 23.4. The molecule has 0 unspecified atom stereocenters. The number of sulfonamides is 1. The average molecular weight is 452 g/mol. The maximum absolute atomic E-state index is 13.3. The van der Waals surface area contributed by atoms with Crippen LogP contribution in [0.2, 0.25) is 0 Å². The minimum absolute atomic E-state index is 0.0166. The van der Waals surface area contributed by atoms with E-state index in [2.05, 4.69) is 0 Å². The van der Waals surface area contributed by atoms with Gasteiger partial charge in [0.1, 0.15) is 0 Å². The van der Waals surface area contributed by atoms with Crippen molar-refractivity contribution in [3.05, 3.63) is 41.0 Å². The predicted molar refractivity (Wildman–Crippen MR) is 113 cm³/mol. The fourth-order valence-corrected chi connectivity index (χ4v) is 5.73. The molecule has 1 aromatic rings. The van der Waals surface area contributed by atoms with Gasteiger partial charge in [-0.15, -0.1) is 0 Å². The molecule has 2 aliphatic heterocycles. The molecule has 1 fully saturated rings. The van der Waals surface area contributed by atoms with Gasteiger partial charge in [0.05, 0.1) is 24.7 Å². The second kappa shape index (κ2) is 8.37. The molecule has 9 heteroatoms. The number of ether oxygens (including phenoxy) is 3. The largest absolute Gasteiger partial charge is 0.463 e. The van der Waals surface area contributed by atoms with Gasteiger partial charge in [0.2, 0.25) is 10.0 Å². The number of esters is 2. The van der Waals surface area contributed by atoms with E-state index in [0.717, 1.165) is 5.56 Å². The Balaban J connectivity index is 2.06. The van der Waals surface area contributed by atoms with E-state index >= 15 is 0 Å². The van der Waals surface area contributed by atoms with Crippen LogP contribution in [0, 0.1) is 12.3 Å². The van der Waals surface area contributed by atoms with Gasteiger partial charge in [-0.2, -0.15) is 4.31 Å². The van der Waals surface area contributed by atoms with Gasteiger partial charge in [-0.1, -0.05) is 24.6 Å². The highest BCUT2D eigenvalue weighted by Crippen LogP contribution is 2.47. The van der Waals surface area contributed by atoms with E-state index in [0.29, 0.717) is 11.1 Å². The van der Waals surface area contributed by atoms with Crippen LogP contribution in [0.1, 0.15) is 33.3 Å². The molecule has 8 nitrogen and oxygen atoms in total. The molecular formula is C22H29NO7S. The minimum Gasteiger partial charge on any atom is -0.463 e. The molecule has 2 heterocycles. The summed E-state index contributed by atoms with van der Waals surface area (Å²) in [6.07, 6.45) is 0. The number of benzene rings is 1. The third-order valence-electron chi connectivity index (χ3n) is 5.96. The quantitative estimate of drug-likeness (QED) is 0.371. The van der Waals surface area contributed by atoms with Crippen molar-refractivity contribution in [2.24, 2.45) is 5.41 Å². The van der Waals surface area contributed by atoms with Gasteiger partial charge in [0.25, 0.3) is 5.60 Å². The second-order valence-corrected chi connectivity index (χ2v) is 10.1. The zero-order chi connectivity index (χ0) is 23.0. The minimum atomic E-state index is -3.76. The van der Waals surface area contributed by atoms with Gasteiger partial charge >= 0.3 is 11.9 Å². The first-order valence-electron chi connectivity index (χ1n) is 10.3. The number of carbonyl (C=O) groups is 2. The van der Waals surface area contributed by atoms with Crippen molar-refractivity contribution in [3.63, 3.8) is 0 Å². The van der Waals surface area contributed by atoms with E-state index in [9.17, 15) is 18.0 Å². The number of fused-ring (bicyclic) bond motifs is 1. The van der Waals surface area contributed by atoms with E-state index in [1.165, 1.54) is 4.31 Å². The van der Waals surface area contributed by atoms with Crippen molar-refractivity contribution < 1.29 is 32.2 Å². The molecular weight excluding hydrogens is 422 g/mol. The second-order valence-electron chi connectivity index (χ2n) is 8.16. The molecule has 0 aliphatic carbocycles. The van der Waals surface area contributed by atoms with Crippen LogP contribution in [-0.4, -0.2) is 63.2 Å². The topological polar surface area (TPSA) is 99.2 Å². The number of nitrogens with zero attached hydrogens (tertiary/aromatic N) is 1. The number of hydrogen-bond donors (Lipinski definition) is 0. The molecule has 0 radical (unpaired) electrons. The lowest BCUT2D eigenvalue weighted by Gasteiger charge is -2.41. The Labute approximate surface area is 183 Å². The SMILES string of the molecule is CCOC(=O)C1(C(=O)OCC)OC[C@@]2(C)CN(S(=O)(=O)c3ccc(C)cc3)CC2=C1C. The van der Waals surface area contributed by atoms with Crippen molar-refractivity contribution in [2.75, 3.05) is 32.9 Å². The first-order chi connectivity index (χ1) is 14.5. The van der Waals surface area contributed by atoms with Crippen LogP contribution >= 0.6 is 0 Å². The Morgan fingerprint density at radius 2 is 1.61 bits per heavy atom. The van der Waals surface area contributed by atoms with Gasteiger partial charge in [-0.25, -0.2) is 18.0 Å². The highest BCUT2D eigenvalue weighted by molar-refractivity contribution is 7.89. The summed E-state index contributed by atoms with van der Waals surface area (Å²) >= 11 is 0. The van der Waals surface area contributed by atoms with Gasteiger partial charge in [-0.05, 0) is 51.0 Å². The maximum atomic E-state index is 13.3. The standard InChI is InChI=1S/C22H29NO7S/c1-6-28-19(24)22(20(25)29-7-2)16(4)18-12-23(13-21(18,5)14-30-22)31(26,27)17-10-8-15(3)9-11-17/h8-11H,6-7,12-14H2,1-5H3/t21-/m1/s1. The Kier molecular flexibility index (Phi) is 6.32. The molecule has 31 heavy (non-hydrogen) atoms. The van der Waals surface area contributed by atoms with Crippen molar-refractivity contribution in [1.29, 1.82) is 0 Å².